The summed E-state index contributed by atoms with van der Waals surface area (Å²) in [4.78, 5) is 24.9. The second-order valence-corrected chi connectivity index (χ2v) is 8.39. The van der Waals surface area contributed by atoms with Crippen LogP contribution in [0.4, 0.5) is 4.79 Å². The van der Waals surface area contributed by atoms with Gasteiger partial charge in [0.25, 0.3) is 0 Å². The van der Waals surface area contributed by atoms with Gasteiger partial charge in [0.15, 0.2) is 11.5 Å². The highest BCUT2D eigenvalue weighted by Crippen LogP contribution is 2.39. The maximum absolute atomic E-state index is 12.9. The number of amides is 2. The van der Waals surface area contributed by atoms with Crippen LogP contribution in [0.2, 0.25) is 0 Å². The van der Waals surface area contributed by atoms with E-state index in [-0.39, 0.29) is 23.0 Å². The molecule has 2 unspecified atom stereocenters. The summed E-state index contributed by atoms with van der Waals surface area (Å²) in [5.74, 6) is -0.358. The van der Waals surface area contributed by atoms with Crippen LogP contribution in [0.3, 0.4) is 0 Å². The van der Waals surface area contributed by atoms with E-state index < -0.39 is 18.0 Å². The van der Waals surface area contributed by atoms with E-state index in [1.54, 1.807) is 19.1 Å². The molecule has 1 aliphatic heterocycles. The van der Waals surface area contributed by atoms with Gasteiger partial charge in [-0.05, 0) is 52.9 Å². The van der Waals surface area contributed by atoms with E-state index in [1.807, 2.05) is 27.7 Å². The average Bonchev–Trinajstić information content (AvgIpc) is 2.55. The Morgan fingerprint density at radius 1 is 1.33 bits per heavy atom. The first-order valence-electron chi connectivity index (χ1n) is 8.51. The molecule has 2 amide bonds. The first-order valence-corrected chi connectivity index (χ1v) is 9.30. The lowest BCUT2D eigenvalue weighted by Gasteiger charge is -2.32. The quantitative estimate of drug-likeness (QED) is 0.619. The fraction of sp³-hybridized carbons (Fsp3) is 0.474. The van der Waals surface area contributed by atoms with Crippen LogP contribution in [0, 0.1) is 5.41 Å². The molecule has 1 aliphatic rings. The molecule has 1 heterocycles. The van der Waals surface area contributed by atoms with Gasteiger partial charge in [-0.15, -0.1) is 0 Å². The van der Waals surface area contributed by atoms with Crippen molar-refractivity contribution in [2.45, 2.75) is 46.8 Å². The third kappa shape index (κ3) is 4.55. The van der Waals surface area contributed by atoms with Crippen molar-refractivity contribution in [2.24, 2.45) is 5.41 Å². The number of phenols is 1. The average molecular weight is 441 g/mol. The third-order valence-corrected chi connectivity index (χ3v) is 5.20. The van der Waals surface area contributed by atoms with E-state index in [4.69, 9.17) is 9.47 Å². The summed E-state index contributed by atoms with van der Waals surface area (Å²) in [6.07, 6.45) is -0.329. The molecule has 2 atom stereocenters. The molecule has 7 nitrogen and oxygen atoms in total. The number of hydrogen-bond acceptors (Lipinski definition) is 5. The van der Waals surface area contributed by atoms with Crippen molar-refractivity contribution < 1.29 is 24.2 Å². The molecule has 2 rings (SSSR count). The molecule has 0 radical (unpaired) electrons. The van der Waals surface area contributed by atoms with Crippen molar-refractivity contribution in [1.82, 2.24) is 10.6 Å². The molecular weight excluding hydrogens is 416 g/mol. The maximum atomic E-state index is 12.9. The zero-order chi connectivity index (χ0) is 20.5. The number of allylic oxidation sites excluding steroid dienone is 1. The Labute approximate surface area is 167 Å². The van der Waals surface area contributed by atoms with Crippen LogP contribution in [0.15, 0.2) is 27.9 Å². The van der Waals surface area contributed by atoms with Crippen LogP contribution < -0.4 is 15.4 Å². The van der Waals surface area contributed by atoms with E-state index >= 15 is 0 Å². The van der Waals surface area contributed by atoms with Crippen molar-refractivity contribution >= 4 is 27.9 Å². The molecule has 0 saturated carbocycles. The third-order valence-electron chi connectivity index (χ3n) is 4.60. The second kappa shape index (κ2) is 7.80. The Morgan fingerprint density at radius 2 is 1.96 bits per heavy atom. The lowest BCUT2D eigenvalue weighted by atomic mass is 9.90. The van der Waals surface area contributed by atoms with E-state index in [1.165, 1.54) is 7.11 Å². The maximum Gasteiger partial charge on any atom is 0.338 e. The van der Waals surface area contributed by atoms with Crippen LogP contribution in [0.1, 0.15) is 46.2 Å². The number of methoxy groups -OCH3 is 1. The molecule has 0 aromatic heterocycles. The molecule has 0 spiro atoms. The van der Waals surface area contributed by atoms with Crippen molar-refractivity contribution in [3.05, 3.63) is 33.4 Å². The summed E-state index contributed by atoms with van der Waals surface area (Å²) in [5.41, 5.74) is 1.06. The minimum atomic E-state index is -0.746. The molecule has 27 heavy (non-hydrogen) atoms. The zero-order valence-electron chi connectivity index (χ0n) is 16.3. The molecule has 8 heteroatoms. The summed E-state index contributed by atoms with van der Waals surface area (Å²) < 4.78 is 11.2. The molecule has 0 saturated heterocycles. The largest absolute Gasteiger partial charge is 0.503 e. The second-order valence-electron chi connectivity index (χ2n) is 7.54. The smallest absolute Gasteiger partial charge is 0.338 e. The Morgan fingerprint density at radius 3 is 2.52 bits per heavy atom. The van der Waals surface area contributed by atoms with E-state index in [0.717, 1.165) is 0 Å². The van der Waals surface area contributed by atoms with E-state index in [2.05, 4.69) is 26.6 Å². The van der Waals surface area contributed by atoms with Crippen molar-refractivity contribution in [3.63, 3.8) is 0 Å². The van der Waals surface area contributed by atoms with Gasteiger partial charge in [-0.3, -0.25) is 0 Å². The van der Waals surface area contributed by atoms with Crippen LogP contribution in [0.5, 0.6) is 11.5 Å². The Bertz CT molecular complexity index is 798. The van der Waals surface area contributed by atoms with Crippen LogP contribution in [-0.2, 0) is 9.53 Å². The number of ether oxygens (including phenoxy) is 2. The summed E-state index contributed by atoms with van der Waals surface area (Å²) in [7, 11) is 1.42. The van der Waals surface area contributed by atoms with Gasteiger partial charge in [0.2, 0.25) is 0 Å². The lowest BCUT2D eigenvalue weighted by molar-refractivity contribution is -0.149. The molecule has 3 N–H and O–H groups in total. The Hall–Kier alpha value is -2.22. The number of carbonyl (C=O) groups is 2. The van der Waals surface area contributed by atoms with Gasteiger partial charge in [-0.1, -0.05) is 20.8 Å². The number of halogens is 1. The molecule has 0 bridgehead atoms. The number of benzene rings is 1. The highest BCUT2D eigenvalue weighted by Gasteiger charge is 2.35. The fourth-order valence-corrected chi connectivity index (χ4v) is 2.99. The van der Waals surface area contributed by atoms with Gasteiger partial charge in [-0.25, -0.2) is 9.59 Å². The standard InChI is InChI=1S/C19H25BrN2O5/c1-9-14(17(24)27-10(2)19(3,4)5)15(22-18(25)21-9)11-7-12(20)16(23)13(8-11)26-6/h7-8,10,15,23H,1-6H3,(H2,21,22,25). The predicted molar refractivity (Wildman–Crippen MR) is 104 cm³/mol. The molecule has 0 fully saturated rings. The normalized spacial score (nSPS) is 18.5. The first kappa shape index (κ1) is 21.1. The van der Waals surface area contributed by atoms with E-state index in [9.17, 15) is 14.7 Å². The van der Waals surface area contributed by atoms with Gasteiger partial charge >= 0.3 is 12.0 Å². The first-order chi connectivity index (χ1) is 12.5. The topological polar surface area (TPSA) is 96.9 Å². The van der Waals surface area contributed by atoms with Crippen molar-refractivity contribution in [3.8, 4) is 11.5 Å². The predicted octanol–water partition coefficient (Wildman–Crippen LogP) is 3.77. The molecular formula is C19H25BrN2O5. The van der Waals surface area contributed by atoms with Gasteiger partial charge in [0.1, 0.15) is 6.10 Å². The Balaban J connectivity index is 2.47. The van der Waals surface area contributed by atoms with E-state index in [0.29, 0.717) is 21.3 Å². The summed E-state index contributed by atoms with van der Waals surface area (Å²) in [5, 5.41) is 15.4. The number of phenolic OH excluding ortho intramolecular Hbond substituents is 1. The summed E-state index contributed by atoms with van der Waals surface area (Å²) in [6, 6.07) is 2.02. The number of esters is 1. The molecule has 148 valence electrons. The van der Waals surface area contributed by atoms with Gasteiger partial charge in [0, 0.05) is 5.70 Å². The molecule has 0 aliphatic carbocycles. The number of aromatic hydroxyl groups is 1. The Kier molecular flexibility index (Phi) is 6.09. The minimum absolute atomic E-state index is 0.0623. The number of carbonyl (C=O) groups excluding carboxylic acids is 2. The highest BCUT2D eigenvalue weighted by atomic mass is 79.9. The molecule has 1 aromatic rings. The SMILES string of the molecule is COc1cc(C2NC(=O)NC(C)=C2C(=O)OC(C)C(C)(C)C)cc(Br)c1O. The number of urea groups is 1. The number of nitrogens with one attached hydrogen (secondary N) is 2. The van der Waals surface area contributed by atoms with Gasteiger partial charge < -0.3 is 25.2 Å². The number of rotatable bonds is 4. The highest BCUT2D eigenvalue weighted by molar-refractivity contribution is 9.10. The molecule has 1 aromatic carbocycles. The van der Waals surface area contributed by atoms with Gasteiger partial charge in [-0.2, -0.15) is 0 Å². The minimum Gasteiger partial charge on any atom is -0.503 e. The number of hydrogen-bond donors (Lipinski definition) is 3. The monoisotopic (exact) mass is 440 g/mol. The van der Waals surface area contributed by atoms with Gasteiger partial charge in [0.05, 0.1) is 23.2 Å². The summed E-state index contributed by atoms with van der Waals surface area (Å²) in [6.45, 7) is 9.42. The fourth-order valence-electron chi connectivity index (χ4n) is 2.53. The lowest BCUT2D eigenvalue weighted by Crippen LogP contribution is -2.46. The van der Waals surface area contributed by atoms with Crippen molar-refractivity contribution in [1.29, 1.82) is 0 Å². The van der Waals surface area contributed by atoms with Crippen LogP contribution >= 0.6 is 15.9 Å². The van der Waals surface area contributed by atoms with Crippen LogP contribution in [-0.4, -0.2) is 30.3 Å². The summed E-state index contributed by atoms with van der Waals surface area (Å²) >= 11 is 3.27. The zero-order valence-corrected chi connectivity index (χ0v) is 17.9. The van der Waals surface area contributed by atoms with Crippen molar-refractivity contribution in [2.75, 3.05) is 7.11 Å². The van der Waals surface area contributed by atoms with Crippen LogP contribution in [0.25, 0.3) is 0 Å².